The smallest absolute Gasteiger partial charge is 0.233 e. The molecule has 2 bridgehead atoms. The number of aromatic nitrogens is 1. The summed E-state index contributed by atoms with van der Waals surface area (Å²) in [5.74, 6) is 1.62. The van der Waals surface area contributed by atoms with E-state index < -0.39 is 0 Å². The summed E-state index contributed by atoms with van der Waals surface area (Å²) in [4.78, 5) is 18.2. The fourth-order valence-electron chi connectivity index (χ4n) is 4.05. The normalized spacial score (nSPS) is 24.1. The van der Waals surface area contributed by atoms with Crippen LogP contribution in [0, 0.1) is 5.92 Å². The van der Waals surface area contributed by atoms with Crippen LogP contribution in [0.25, 0.3) is 10.9 Å². The molecule has 1 aromatic carbocycles. The van der Waals surface area contributed by atoms with Gasteiger partial charge in [-0.2, -0.15) is 11.8 Å². The standard InChI is InChI=1S/C17H20N2OS/c1-21-10-16(20)19-7-6-11-8-14-17(15(19)9-11)12-4-2-3-5-13(12)18-14/h2-5,11,15,18H,6-10H2,1H3/t11-,15-/m1/s1. The predicted octanol–water partition coefficient (Wildman–Crippen LogP) is 3.37. The molecule has 110 valence electrons. The van der Waals surface area contributed by atoms with Crippen molar-refractivity contribution in [2.45, 2.75) is 25.3 Å². The van der Waals surface area contributed by atoms with Gasteiger partial charge in [0, 0.05) is 28.7 Å². The Morgan fingerprint density at radius 2 is 2.29 bits per heavy atom. The number of H-pyrrole nitrogens is 1. The van der Waals surface area contributed by atoms with Crippen molar-refractivity contribution in [1.82, 2.24) is 9.88 Å². The van der Waals surface area contributed by atoms with Crippen LogP contribution >= 0.6 is 11.8 Å². The fraction of sp³-hybridized carbons (Fsp3) is 0.471. The maximum atomic E-state index is 12.5. The first-order valence-corrected chi connectivity index (χ1v) is 9.05. The third-order valence-corrected chi connectivity index (χ3v) is 5.49. The molecule has 1 amide bonds. The summed E-state index contributed by atoms with van der Waals surface area (Å²) >= 11 is 1.62. The van der Waals surface area contributed by atoms with Crippen molar-refractivity contribution in [2.24, 2.45) is 5.92 Å². The van der Waals surface area contributed by atoms with Crippen LogP contribution in [-0.2, 0) is 11.2 Å². The van der Waals surface area contributed by atoms with Crippen molar-refractivity contribution in [3.63, 3.8) is 0 Å². The highest BCUT2D eigenvalue weighted by molar-refractivity contribution is 7.99. The number of para-hydroxylation sites is 1. The lowest BCUT2D eigenvalue weighted by Crippen LogP contribution is -2.44. The zero-order valence-corrected chi connectivity index (χ0v) is 13.1. The van der Waals surface area contributed by atoms with Crippen molar-refractivity contribution in [3.8, 4) is 0 Å². The topological polar surface area (TPSA) is 36.1 Å². The van der Waals surface area contributed by atoms with E-state index in [1.54, 1.807) is 11.8 Å². The number of fused-ring (bicyclic) bond motifs is 6. The van der Waals surface area contributed by atoms with E-state index in [0.29, 0.717) is 11.7 Å². The fourth-order valence-corrected chi connectivity index (χ4v) is 4.46. The Kier molecular flexibility index (Phi) is 3.21. The van der Waals surface area contributed by atoms with E-state index in [1.165, 1.54) is 22.2 Å². The van der Waals surface area contributed by atoms with Crippen LogP contribution in [0.15, 0.2) is 24.3 Å². The van der Waals surface area contributed by atoms with Gasteiger partial charge in [-0.05, 0) is 37.5 Å². The minimum absolute atomic E-state index is 0.281. The molecule has 2 aliphatic rings. The van der Waals surface area contributed by atoms with E-state index >= 15 is 0 Å². The van der Waals surface area contributed by atoms with Gasteiger partial charge in [0.2, 0.25) is 5.91 Å². The van der Waals surface area contributed by atoms with Gasteiger partial charge in [-0.15, -0.1) is 0 Å². The number of rotatable bonds is 2. The largest absolute Gasteiger partial charge is 0.358 e. The molecule has 2 aromatic rings. The number of thioether (sulfide) groups is 1. The van der Waals surface area contributed by atoms with Crippen LogP contribution in [-0.4, -0.2) is 34.3 Å². The molecule has 21 heavy (non-hydrogen) atoms. The maximum absolute atomic E-state index is 12.5. The minimum atomic E-state index is 0.281. The number of nitrogens with zero attached hydrogens (tertiary/aromatic N) is 1. The first-order valence-electron chi connectivity index (χ1n) is 7.66. The summed E-state index contributed by atoms with van der Waals surface area (Å²) in [5, 5.41) is 1.31. The molecule has 2 atom stereocenters. The molecule has 0 radical (unpaired) electrons. The Hall–Kier alpha value is -1.42. The monoisotopic (exact) mass is 300 g/mol. The first kappa shape index (κ1) is 13.3. The molecule has 0 unspecified atom stereocenters. The maximum Gasteiger partial charge on any atom is 0.233 e. The molecule has 2 heterocycles. The average Bonchev–Trinajstić information content (AvgIpc) is 2.85. The molecule has 1 aliphatic carbocycles. The van der Waals surface area contributed by atoms with Crippen LogP contribution in [0.3, 0.4) is 0 Å². The molecule has 1 saturated heterocycles. The summed E-state index contributed by atoms with van der Waals surface area (Å²) in [7, 11) is 0. The van der Waals surface area contributed by atoms with E-state index in [1.807, 2.05) is 6.26 Å². The number of hydrogen-bond donors (Lipinski definition) is 1. The van der Waals surface area contributed by atoms with Gasteiger partial charge in [0.1, 0.15) is 0 Å². The molecule has 4 rings (SSSR count). The second kappa shape index (κ2) is 5.09. The quantitative estimate of drug-likeness (QED) is 0.923. The summed E-state index contributed by atoms with van der Waals surface area (Å²) in [5.41, 5.74) is 3.96. The second-order valence-electron chi connectivity index (χ2n) is 6.19. The molecule has 0 spiro atoms. The van der Waals surface area contributed by atoms with Crippen molar-refractivity contribution in [1.29, 1.82) is 0 Å². The van der Waals surface area contributed by atoms with Gasteiger partial charge >= 0.3 is 0 Å². The number of likely N-dealkylation sites (tertiary alicyclic amines) is 1. The lowest BCUT2D eigenvalue weighted by atomic mass is 9.78. The van der Waals surface area contributed by atoms with Gasteiger partial charge < -0.3 is 9.88 Å². The lowest BCUT2D eigenvalue weighted by Gasteiger charge is -2.43. The zero-order valence-electron chi connectivity index (χ0n) is 12.3. The van der Waals surface area contributed by atoms with Gasteiger partial charge in [0.15, 0.2) is 0 Å². The SMILES string of the molecule is CSCC(=O)N1CC[C@@H]2Cc3[nH]c4ccccc4c3[C@H]1C2. The van der Waals surface area contributed by atoms with Crippen LogP contribution in [0.4, 0.5) is 0 Å². The van der Waals surface area contributed by atoms with Crippen LogP contribution < -0.4 is 0 Å². The highest BCUT2D eigenvalue weighted by Crippen LogP contribution is 2.45. The Bertz CT molecular complexity index is 693. The molecule has 1 aromatic heterocycles. The Labute approximate surface area is 129 Å². The van der Waals surface area contributed by atoms with E-state index in [2.05, 4.69) is 34.1 Å². The van der Waals surface area contributed by atoms with E-state index in [4.69, 9.17) is 0 Å². The Morgan fingerprint density at radius 1 is 1.43 bits per heavy atom. The van der Waals surface area contributed by atoms with Crippen LogP contribution in [0.1, 0.15) is 30.1 Å². The molecule has 1 aliphatic heterocycles. The van der Waals surface area contributed by atoms with Crippen molar-refractivity contribution >= 4 is 28.6 Å². The number of nitrogens with one attached hydrogen (secondary N) is 1. The molecule has 0 saturated carbocycles. The molecule has 3 nitrogen and oxygen atoms in total. The minimum Gasteiger partial charge on any atom is -0.358 e. The number of carbonyl (C=O) groups excluding carboxylic acids is 1. The molecular weight excluding hydrogens is 280 g/mol. The zero-order chi connectivity index (χ0) is 14.4. The lowest BCUT2D eigenvalue weighted by molar-refractivity contribution is -0.133. The third-order valence-electron chi connectivity index (χ3n) is 4.95. The highest BCUT2D eigenvalue weighted by atomic mass is 32.2. The highest BCUT2D eigenvalue weighted by Gasteiger charge is 2.39. The van der Waals surface area contributed by atoms with Gasteiger partial charge in [-0.3, -0.25) is 4.79 Å². The van der Waals surface area contributed by atoms with E-state index in [9.17, 15) is 4.79 Å². The van der Waals surface area contributed by atoms with Gasteiger partial charge in [0.05, 0.1) is 11.8 Å². The first-order chi connectivity index (χ1) is 10.3. The summed E-state index contributed by atoms with van der Waals surface area (Å²) in [6.45, 7) is 0.924. The van der Waals surface area contributed by atoms with Gasteiger partial charge in [-0.25, -0.2) is 0 Å². The number of benzene rings is 1. The van der Waals surface area contributed by atoms with Crippen LogP contribution in [0.2, 0.25) is 0 Å². The Morgan fingerprint density at radius 3 is 3.14 bits per heavy atom. The number of amides is 1. The molecule has 1 fully saturated rings. The summed E-state index contributed by atoms with van der Waals surface area (Å²) in [6, 6.07) is 8.79. The van der Waals surface area contributed by atoms with E-state index in [-0.39, 0.29) is 6.04 Å². The number of carbonyl (C=O) groups is 1. The van der Waals surface area contributed by atoms with Gasteiger partial charge in [0.25, 0.3) is 0 Å². The number of hydrogen-bond acceptors (Lipinski definition) is 2. The Balaban J connectivity index is 1.81. The average molecular weight is 300 g/mol. The predicted molar refractivity (Wildman–Crippen MR) is 87.6 cm³/mol. The van der Waals surface area contributed by atoms with Crippen LogP contribution in [0.5, 0.6) is 0 Å². The molecule has 4 heteroatoms. The van der Waals surface area contributed by atoms with Crippen molar-refractivity contribution < 1.29 is 4.79 Å². The second-order valence-corrected chi connectivity index (χ2v) is 7.06. The number of aromatic amines is 1. The number of piperidine rings is 1. The van der Waals surface area contributed by atoms with Gasteiger partial charge in [-0.1, -0.05) is 18.2 Å². The summed E-state index contributed by atoms with van der Waals surface area (Å²) in [6.07, 6.45) is 5.42. The molecule has 1 N–H and O–H groups in total. The van der Waals surface area contributed by atoms with Crippen molar-refractivity contribution in [2.75, 3.05) is 18.6 Å². The third kappa shape index (κ3) is 2.08. The van der Waals surface area contributed by atoms with Crippen molar-refractivity contribution in [3.05, 3.63) is 35.5 Å². The molecular formula is C17H20N2OS. The summed E-state index contributed by atoms with van der Waals surface area (Å²) < 4.78 is 0. The van der Waals surface area contributed by atoms with E-state index in [0.717, 1.165) is 31.7 Å².